The molecule has 0 aliphatic heterocycles. The van der Waals surface area contributed by atoms with E-state index < -0.39 is 0 Å². The summed E-state index contributed by atoms with van der Waals surface area (Å²) in [6.07, 6.45) is 5.58. The van der Waals surface area contributed by atoms with Gasteiger partial charge >= 0.3 is 0 Å². The van der Waals surface area contributed by atoms with Gasteiger partial charge in [-0.2, -0.15) is 0 Å². The van der Waals surface area contributed by atoms with Gasteiger partial charge in [-0.3, -0.25) is 0 Å². The molecule has 0 aromatic heterocycles. The van der Waals surface area contributed by atoms with Gasteiger partial charge in [-0.05, 0) is 27.7 Å². The molecule has 0 spiro atoms. The Kier molecular flexibility index (Phi) is 7.97. The second-order valence-corrected chi connectivity index (χ2v) is 3.13. The van der Waals surface area contributed by atoms with Gasteiger partial charge in [-0.25, -0.2) is 0 Å². The first-order valence-electron chi connectivity index (χ1n) is 3.44. The molecule has 0 heterocycles. The Morgan fingerprint density at radius 1 is 1.30 bits per heavy atom. The van der Waals surface area contributed by atoms with Crippen LogP contribution in [0.3, 0.4) is 0 Å². The van der Waals surface area contributed by atoms with E-state index in [0.717, 1.165) is 0 Å². The topological polar surface area (TPSA) is 26.0 Å². The highest BCUT2D eigenvalue weighted by molar-refractivity contribution is 4.94. The smallest absolute Gasteiger partial charge is 0.00686 e. The van der Waals surface area contributed by atoms with E-state index in [1.165, 1.54) is 0 Å². The number of nitrogens with two attached hydrogens (primary N) is 1. The fraction of sp³-hybridized carbons (Fsp3) is 0.556. The Hall–Kier alpha value is -0.560. The lowest BCUT2D eigenvalue weighted by Gasteiger charge is -2.06. The van der Waals surface area contributed by atoms with E-state index in [1.54, 1.807) is 6.08 Å². The zero-order valence-corrected chi connectivity index (χ0v) is 7.52. The molecule has 0 radical (unpaired) electrons. The highest BCUT2D eigenvalue weighted by Gasteiger charge is 1.95. The summed E-state index contributed by atoms with van der Waals surface area (Å²) in [6.45, 7) is 11.3. The molecule has 1 heteroatoms. The third-order valence-electron chi connectivity index (χ3n) is 0.329. The molecule has 2 N–H and O–H groups in total. The van der Waals surface area contributed by atoms with Crippen LogP contribution >= 0.6 is 0 Å². The molecule has 0 rings (SSSR count). The van der Waals surface area contributed by atoms with E-state index in [0.29, 0.717) is 0 Å². The van der Waals surface area contributed by atoms with E-state index >= 15 is 0 Å². The lowest BCUT2D eigenvalue weighted by Crippen LogP contribution is -2.26. The molecular weight excluding hydrogens is 122 g/mol. The first kappa shape index (κ1) is 12.1. The quantitative estimate of drug-likeness (QED) is 0.558. The van der Waals surface area contributed by atoms with E-state index in [2.05, 4.69) is 6.58 Å². The molecule has 0 aliphatic rings. The van der Waals surface area contributed by atoms with Gasteiger partial charge in [-0.15, -0.1) is 0 Å². The summed E-state index contributed by atoms with van der Waals surface area (Å²) in [5.41, 5.74) is 5.35. The summed E-state index contributed by atoms with van der Waals surface area (Å²) in [5.74, 6) is 0. The van der Waals surface area contributed by atoms with Crippen LogP contribution in [-0.4, -0.2) is 5.54 Å². The Labute approximate surface area is 64.6 Å². The van der Waals surface area contributed by atoms with Crippen molar-refractivity contribution >= 4 is 0 Å². The first-order chi connectivity index (χ1) is 4.41. The van der Waals surface area contributed by atoms with Crippen molar-refractivity contribution in [1.29, 1.82) is 0 Å². The van der Waals surface area contributed by atoms with Crippen LogP contribution in [0.15, 0.2) is 24.8 Å². The van der Waals surface area contributed by atoms with Crippen LogP contribution in [0.1, 0.15) is 27.7 Å². The fourth-order valence-electron chi connectivity index (χ4n) is 0.136. The second kappa shape index (κ2) is 6.56. The molecule has 10 heavy (non-hydrogen) atoms. The zero-order chi connectivity index (χ0) is 8.62. The zero-order valence-electron chi connectivity index (χ0n) is 7.52. The van der Waals surface area contributed by atoms with Crippen LogP contribution in [-0.2, 0) is 0 Å². The maximum absolute atomic E-state index is 5.35. The van der Waals surface area contributed by atoms with Gasteiger partial charge in [0.25, 0.3) is 0 Å². The van der Waals surface area contributed by atoms with Crippen molar-refractivity contribution in [2.24, 2.45) is 5.73 Å². The predicted octanol–water partition coefficient (Wildman–Crippen LogP) is 2.49. The Morgan fingerprint density at radius 3 is 1.60 bits per heavy atom. The second-order valence-electron chi connectivity index (χ2n) is 3.13. The van der Waals surface area contributed by atoms with Gasteiger partial charge in [0.1, 0.15) is 0 Å². The first-order valence-corrected chi connectivity index (χ1v) is 3.44. The summed E-state index contributed by atoms with van der Waals surface area (Å²) >= 11 is 0. The third kappa shape index (κ3) is 149. The molecular formula is C9H19N. The number of hydrogen-bond acceptors (Lipinski definition) is 1. The van der Waals surface area contributed by atoms with Gasteiger partial charge in [0.05, 0.1) is 0 Å². The van der Waals surface area contributed by atoms with Crippen molar-refractivity contribution in [2.45, 2.75) is 33.2 Å². The minimum Gasteiger partial charge on any atom is -0.326 e. The lowest BCUT2D eigenvalue weighted by atomic mass is 10.1. The minimum absolute atomic E-state index is 0. The number of allylic oxidation sites excluding steroid dienone is 3. The molecule has 0 bridgehead atoms. The highest BCUT2D eigenvalue weighted by atomic mass is 14.7. The van der Waals surface area contributed by atoms with E-state index in [-0.39, 0.29) is 5.54 Å². The maximum atomic E-state index is 5.35. The summed E-state index contributed by atoms with van der Waals surface area (Å²) in [7, 11) is 0. The molecule has 0 unspecified atom stereocenters. The van der Waals surface area contributed by atoms with Crippen molar-refractivity contribution in [1.82, 2.24) is 0 Å². The van der Waals surface area contributed by atoms with Gasteiger partial charge in [0.2, 0.25) is 0 Å². The van der Waals surface area contributed by atoms with Gasteiger partial charge in [0.15, 0.2) is 0 Å². The Bertz CT molecular complexity index is 89.8. The molecule has 1 nitrogen and oxygen atoms in total. The van der Waals surface area contributed by atoms with Crippen molar-refractivity contribution in [2.75, 3.05) is 0 Å². The van der Waals surface area contributed by atoms with Gasteiger partial charge in [-0.1, -0.05) is 24.8 Å². The molecule has 0 saturated carbocycles. The van der Waals surface area contributed by atoms with Crippen LogP contribution < -0.4 is 5.73 Å². The minimum atomic E-state index is 0. The maximum Gasteiger partial charge on any atom is 0.00686 e. The normalized spacial score (nSPS) is 10.5. The van der Waals surface area contributed by atoms with Crippen molar-refractivity contribution < 1.29 is 0 Å². The highest BCUT2D eigenvalue weighted by Crippen LogP contribution is 1.88. The lowest BCUT2D eigenvalue weighted by molar-refractivity contribution is 0.580. The largest absolute Gasteiger partial charge is 0.326 e. The van der Waals surface area contributed by atoms with Gasteiger partial charge in [0, 0.05) is 5.54 Å². The molecule has 0 aromatic carbocycles. The molecule has 0 atom stereocenters. The average molecular weight is 141 g/mol. The molecule has 0 fully saturated rings. The molecule has 0 amide bonds. The van der Waals surface area contributed by atoms with Crippen LogP contribution in [0, 0.1) is 0 Å². The summed E-state index contributed by atoms with van der Waals surface area (Å²) in [5, 5.41) is 0. The average Bonchev–Trinajstić information content (AvgIpc) is 1.63. The summed E-state index contributed by atoms with van der Waals surface area (Å²) in [6, 6.07) is 0. The predicted molar refractivity (Wildman–Crippen MR) is 49.0 cm³/mol. The van der Waals surface area contributed by atoms with Crippen LogP contribution in [0.5, 0.6) is 0 Å². The Morgan fingerprint density at radius 2 is 1.60 bits per heavy atom. The SMILES string of the molecule is C=CC=CC.CC(C)(C)N. The van der Waals surface area contributed by atoms with E-state index in [9.17, 15) is 0 Å². The summed E-state index contributed by atoms with van der Waals surface area (Å²) in [4.78, 5) is 0. The van der Waals surface area contributed by atoms with Crippen molar-refractivity contribution in [3.05, 3.63) is 24.8 Å². The van der Waals surface area contributed by atoms with Gasteiger partial charge < -0.3 is 5.73 Å². The number of rotatable bonds is 1. The standard InChI is InChI=1S/C5H8.C4H11N/c1-3-5-4-2;1-4(2,3)5/h3-5H,1H2,2H3;5H2,1-3H3. The fourth-order valence-corrected chi connectivity index (χ4v) is 0.136. The molecule has 60 valence electrons. The van der Waals surface area contributed by atoms with Crippen LogP contribution in [0.25, 0.3) is 0 Å². The number of hydrogen-bond donors (Lipinski definition) is 1. The third-order valence-corrected chi connectivity index (χ3v) is 0.329. The van der Waals surface area contributed by atoms with Crippen LogP contribution in [0.2, 0.25) is 0 Å². The molecule has 0 aromatic rings. The van der Waals surface area contributed by atoms with E-state index in [1.807, 2.05) is 39.8 Å². The summed E-state index contributed by atoms with van der Waals surface area (Å²) < 4.78 is 0. The van der Waals surface area contributed by atoms with E-state index in [4.69, 9.17) is 5.73 Å². The Balaban J connectivity index is 0. The monoisotopic (exact) mass is 141 g/mol. The molecule has 0 saturated heterocycles. The van der Waals surface area contributed by atoms with Crippen LogP contribution in [0.4, 0.5) is 0 Å². The molecule has 0 aliphatic carbocycles. The van der Waals surface area contributed by atoms with Crippen molar-refractivity contribution in [3.63, 3.8) is 0 Å². The van der Waals surface area contributed by atoms with Crippen molar-refractivity contribution in [3.8, 4) is 0 Å².